The lowest BCUT2D eigenvalue weighted by atomic mass is 10.2. The first kappa shape index (κ1) is 13.8. The highest BCUT2D eigenvalue weighted by atomic mass is 35.5. The Morgan fingerprint density at radius 2 is 2.25 bits per heavy atom. The van der Waals surface area contributed by atoms with Gasteiger partial charge in [0.05, 0.1) is 0 Å². The maximum absolute atomic E-state index is 5.76. The van der Waals surface area contributed by atoms with Crippen LogP contribution in [0.15, 0.2) is 18.3 Å². The van der Waals surface area contributed by atoms with Crippen LogP contribution in [0.2, 0.25) is 5.15 Å². The summed E-state index contributed by atoms with van der Waals surface area (Å²) in [6, 6.07) is 4.52. The van der Waals surface area contributed by atoms with E-state index >= 15 is 0 Å². The average molecular weight is 259 g/mol. The van der Waals surface area contributed by atoms with Crippen molar-refractivity contribution in [1.29, 1.82) is 0 Å². The predicted molar refractivity (Wildman–Crippen MR) is 73.2 cm³/mol. The maximum atomic E-state index is 5.76. The lowest BCUT2D eigenvalue weighted by molar-refractivity contribution is 0.247. The van der Waals surface area contributed by atoms with E-state index in [9.17, 15) is 0 Å². The van der Waals surface area contributed by atoms with Gasteiger partial charge in [0.2, 0.25) is 0 Å². The smallest absolute Gasteiger partial charge is 0.129 e. The Bertz CT molecular complexity index is 302. The molecule has 1 heterocycles. The Labute approximate surface area is 107 Å². The van der Waals surface area contributed by atoms with Crippen molar-refractivity contribution in [1.82, 2.24) is 9.88 Å². The molecule has 0 spiro atoms. The summed E-state index contributed by atoms with van der Waals surface area (Å²) >= 11 is 7.66. The number of rotatable bonds is 6. The van der Waals surface area contributed by atoms with Crippen LogP contribution in [0.1, 0.15) is 18.9 Å². The van der Waals surface area contributed by atoms with Crippen LogP contribution in [0.3, 0.4) is 0 Å². The van der Waals surface area contributed by atoms with Gasteiger partial charge in [0.15, 0.2) is 0 Å². The normalized spacial score (nSPS) is 13.1. The van der Waals surface area contributed by atoms with Gasteiger partial charge in [0.1, 0.15) is 5.15 Å². The molecule has 1 aromatic rings. The minimum Gasteiger partial charge on any atom is -0.298 e. The minimum atomic E-state index is 0.558. The highest BCUT2D eigenvalue weighted by Gasteiger charge is 2.12. The van der Waals surface area contributed by atoms with E-state index in [1.54, 1.807) is 0 Å². The van der Waals surface area contributed by atoms with E-state index in [1.165, 1.54) is 17.7 Å². The van der Waals surface area contributed by atoms with E-state index in [-0.39, 0.29) is 0 Å². The summed E-state index contributed by atoms with van der Waals surface area (Å²) in [6.07, 6.45) is 5.18. The average Bonchev–Trinajstić information content (AvgIpc) is 2.29. The second-order valence-corrected chi connectivity index (χ2v) is 5.22. The Kier molecular flexibility index (Phi) is 6.17. The fraction of sp³-hybridized carbons (Fsp3) is 0.583. The molecule has 0 saturated heterocycles. The molecule has 1 rings (SSSR count). The lowest BCUT2D eigenvalue weighted by Gasteiger charge is -2.26. The molecular formula is C12H19ClN2S. The van der Waals surface area contributed by atoms with E-state index in [0.29, 0.717) is 11.2 Å². The fourth-order valence-electron chi connectivity index (χ4n) is 1.67. The molecule has 0 N–H and O–H groups in total. The molecule has 1 aromatic heterocycles. The van der Waals surface area contributed by atoms with Crippen LogP contribution in [-0.4, -0.2) is 35.0 Å². The number of nitrogens with zero attached hydrogens (tertiary/aromatic N) is 2. The topological polar surface area (TPSA) is 16.1 Å². The van der Waals surface area contributed by atoms with Crippen molar-refractivity contribution in [2.45, 2.75) is 25.9 Å². The molecule has 2 nitrogen and oxygen atoms in total. The number of thioether (sulfide) groups is 1. The Morgan fingerprint density at radius 1 is 1.50 bits per heavy atom. The molecule has 0 amide bonds. The molecule has 0 aromatic carbocycles. The Morgan fingerprint density at radius 3 is 2.75 bits per heavy atom. The largest absolute Gasteiger partial charge is 0.298 e. The van der Waals surface area contributed by atoms with Gasteiger partial charge in [-0.1, -0.05) is 24.6 Å². The molecule has 0 aliphatic carbocycles. The van der Waals surface area contributed by atoms with Crippen molar-refractivity contribution < 1.29 is 0 Å². The van der Waals surface area contributed by atoms with E-state index < -0.39 is 0 Å². The summed E-state index contributed by atoms with van der Waals surface area (Å²) in [6.45, 7) is 3.17. The number of halogens is 1. The Hall–Kier alpha value is -0.250. The van der Waals surface area contributed by atoms with E-state index in [1.807, 2.05) is 30.1 Å². The standard InChI is InChI=1S/C12H19ClN2S/c1-4-11(9-16-3)15(2)8-10-5-6-12(13)14-7-10/h5-7,11H,4,8-9H2,1-3H3. The molecule has 4 heteroatoms. The minimum absolute atomic E-state index is 0.558. The number of aromatic nitrogens is 1. The van der Waals surface area contributed by atoms with Crippen molar-refractivity contribution in [2.24, 2.45) is 0 Å². The molecule has 0 bridgehead atoms. The second-order valence-electron chi connectivity index (χ2n) is 3.92. The van der Waals surface area contributed by atoms with Crippen LogP contribution >= 0.6 is 23.4 Å². The summed E-state index contributed by atoms with van der Waals surface area (Å²) in [7, 11) is 2.17. The van der Waals surface area contributed by atoms with E-state index in [0.717, 1.165) is 6.54 Å². The van der Waals surface area contributed by atoms with Gasteiger partial charge in [-0.05, 0) is 31.4 Å². The molecule has 0 aliphatic rings. The first-order chi connectivity index (χ1) is 7.67. The van der Waals surface area contributed by atoms with E-state index in [2.05, 4.69) is 30.1 Å². The molecule has 0 aliphatic heterocycles. The van der Waals surface area contributed by atoms with Gasteiger partial charge in [-0.3, -0.25) is 4.90 Å². The summed E-state index contributed by atoms with van der Waals surface area (Å²) in [5, 5.41) is 0.558. The summed E-state index contributed by atoms with van der Waals surface area (Å²) < 4.78 is 0. The summed E-state index contributed by atoms with van der Waals surface area (Å²) in [4.78, 5) is 6.47. The zero-order valence-corrected chi connectivity index (χ0v) is 11.7. The molecule has 1 atom stereocenters. The molecule has 0 fully saturated rings. The summed E-state index contributed by atoms with van der Waals surface area (Å²) in [5.41, 5.74) is 1.21. The van der Waals surface area contributed by atoms with Gasteiger partial charge in [-0.2, -0.15) is 11.8 Å². The van der Waals surface area contributed by atoms with Gasteiger partial charge in [0, 0.05) is 24.5 Å². The number of hydrogen-bond acceptors (Lipinski definition) is 3. The van der Waals surface area contributed by atoms with Crippen LogP contribution in [0.5, 0.6) is 0 Å². The highest BCUT2D eigenvalue weighted by Crippen LogP contribution is 2.13. The lowest BCUT2D eigenvalue weighted by Crippen LogP contribution is -2.32. The fourth-order valence-corrected chi connectivity index (χ4v) is 2.65. The van der Waals surface area contributed by atoms with Gasteiger partial charge < -0.3 is 0 Å². The third kappa shape index (κ3) is 4.32. The third-order valence-electron chi connectivity index (χ3n) is 2.67. The van der Waals surface area contributed by atoms with Crippen LogP contribution in [0, 0.1) is 0 Å². The Balaban J connectivity index is 2.55. The van der Waals surface area contributed by atoms with Crippen molar-refractivity contribution in [2.75, 3.05) is 19.1 Å². The number of pyridine rings is 1. The molecule has 16 heavy (non-hydrogen) atoms. The highest BCUT2D eigenvalue weighted by molar-refractivity contribution is 7.98. The van der Waals surface area contributed by atoms with Gasteiger partial charge in [-0.25, -0.2) is 4.98 Å². The van der Waals surface area contributed by atoms with Crippen LogP contribution in [0.4, 0.5) is 0 Å². The van der Waals surface area contributed by atoms with Gasteiger partial charge >= 0.3 is 0 Å². The molecule has 0 saturated carbocycles. The maximum Gasteiger partial charge on any atom is 0.129 e. The monoisotopic (exact) mass is 258 g/mol. The van der Waals surface area contributed by atoms with Crippen LogP contribution in [0.25, 0.3) is 0 Å². The molecule has 0 radical (unpaired) electrons. The molecule has 90 valence electrons. The third-order valence-corrected chi connectivity index (χ3v) is 3.62. The van der Waals surface area contributed by atoms with Crippen LogP contribution in [-0.2, 0) is 6.54 Å². The molecule has 1 unspecified atom stereocenters. The summed E-state index contributed by atoms with van der Waals surface area (Å²) in [5.74, 6) is 1.17. The van der Waals surface area contributed by atoms with Crippen molar-refractivity contribution in [3.8, 4) is 0 Å². The quantitative estimate of drug-likeness (QED) is 0.729. The first-order valence-corrected chi connectivity index (χ1v) is 7.24. The van der Waals surface area contributed by atoms with Crippen molar-refractivity contribution in [3.63, 3.8) is 0 Å². The predicted octanol–water partition coefficient (Wildman–Crippen LogP) is 3.31. The zero-order valence-electron chi connectivity index (χ0n) is 10.1. The SMILES string of the molecule is CCC(CSC)N(C)Cc1ccc(Cl)nc1. The van der Waals surface area contributed by atoms with Crippen molar-refractivity contribution >= 4 is 23.4 Å². The first-order valence-electron chi connectivity index (χ1n) is 5.47. The van der Waals surface area contributed by atoms with E-state index in [4.69, 9.17) is 11.6 Å². The second kappa shape index (κ2) is 7.15. The number of hydrogen-bond donors (Lipinski definition) is 0. The van der Waals surface area contributed by atoms with Crippen LogP contribution < -0.4 is 0 Å². The van der Waals surface area contributed by atoms with Gasteiger partial charge in [-0.15, -0.1) is 0 Å². The van der Waals surface area contributed by atoms with Crippen molar-refractivity contribution in [3.05, 3.63) is 29.0 Å². The van der Waals surface area contributed by atoms with Gasteiger partial charge in [0.25, 0.3) is 0 Å². The zero-order chi connectivity index (χ0) is 12.0. The molecular weight excluding hydrogens is 240 g/mol.